The van der Waals surface area contributed by atoms with E-state index in [2.05, 4.69) is 34.5 Å². The third-order valence-electron chi connectivity index (χ3n) is 4.89. The molecule has 1 aliphatic heterocycles. The van der Waals surface area contributed by atoms with Crippen LogP contribution in [-0.4, -0.2) is 32.2 Å². The largest absolute Gasteiger partial charge is 0.378 e. The number of hydrogen-bond acceptors (Lipinski definition) is 4. The minimum absolute atomic E-state index is 0.0574. The third-order valence-corrected chi connectivity index (χ3v) is 6.01. The number of morpholine rings is 1. The van der Waals surface area contributed by atoms with E-state index < -0.39 is 0 Å². The Morgan fingerprint density at radius 2 is 1.59 bits per heavy atom. The minimum Gasteiger partial charge on any atom is -0.378 e. The van der Waals surface area contributed by atoms with Crippen LogP contribution in [0, 0.1) is 0 Å². The summed E-state index contributed by atoms with van der Waals surface area (Å²) in [5.41, 5.74) is 2.92. The van der Waals surface area contributed by atoms with E-state index in [1.54, 1.807) is 11.8 Å². The summed E-state index contributed by atoms with van der Waals surface area (Å²) in [6.45, 7) is 3.79. The molecule has 1 fully saturated rings. The highest BCUT2D eigenvalue weighted by atomic mass is 32.2. The maximum absolute atomic E-state index is 12.6. The molecule has 0 unspecified atom stereocenters. The van der Waals surface area contributed by atoms with Gasteiger partial charge in [-0.1, -0.05) is 48.2 Å². The van der Waals surface area contributed by atoms with Gasteiger partial charge in [-0.25, -0.2) is 0 Å². The molecule has 0 atom stereocenters. The second kappa shape index (κ2) is 9.63. The van der Waals surface area contributed by atoms with Gasteiger partial charge in [0.1, 0.15) is 0 Å². The highest BCUT2D eigenvalue weighted by Crippen LogP contribution is 2.30. The van der Waals surface area contributed by atoms with E-state index in [1.165, 1.54) is 4.90 Å². The van der Waals surface area contributed by atoms with Gasteiger partial charge >= 0.3 is 0 Å². The van der Waals surface area contributed by atoms with Gasteiger partial charge in [0, 0.05) is 40.7 Å². The fourth-order valence-electron chi connectivity index (χ4n) is 3.29. The maximum atomic E-state index is 12.6. The van der Waals surface area contributed by atoms with Crippen LogP contribution in [0.25, 0.3) is 0 Å². The van der Waals surface area contributed by atoms with Gasteiger partial charge in [0.2, 0.25) is 0 Å². The Labute approximate surface area is 175 Å². The van der Waals surface area contributed by atoms with E-state index >= 15 is 0 Å². The molecule has 4 nitrogen and oxygen atoms in total. The second-order valence-corrected chi connectivity index (χ2v) is 7.97. The molecule has 0 aliphatic carbocycles. The number of rotatable bonds is 6. The second-order valence-electron chi connectivity index (χ2n) is 6.85. The molecule has 0 spiro atoms. The number of nitrogens with one attached hydrogen (secondary N) is 1. The van der Waals surface area contributed by atoms with Crippen LogP contribution in [-0.2, 0) is 11.3 Å². The molecule has 29 heavy (non-hydrogen) atoms. The van der Waals surface area contributed by atoms with Crippen molar-refractivity contribution in [2.45, 2.75) is 16.3 Å². The lowest BCUT2D eigenvalue weighted by Gasteiger charge is -2.28. The Morgan fingerprint density at radius 1 is 0.897 bits per heavy atom. The summed E-state index contributed by atoms with van der Waals surface area (Å²) in [5, 5.41) is 3.05. The van der Waals surface area contributed by atoms with Crippen molar-refractivity contribution in [1.29, 1.82) is 0 Å². The maximum Gasteiger partial charge on any atom is 0.251 e. The lowest BCUT2D eigenvalue weighted by atomic mass is 10.1. The standard InChI is InChI=1S/C24H24N2O2S/c27-24(19-10-12-21(13-11-19)26-14-16-28-17-15-26)25-18-20-6-4-5-9-23(20)29-22-7-2-1-3-8-22/h1-13H,14-18H2,(H,25,27). The molecule has 0 bridgehead atoms. The van der Waals surface area contributed by atoms with Crippen molar-refractivity contribution in [2.75, 3.05) is 31.2 Å². The van der Waals surface area contributed by atoms with Crippen LogP contribution in [0.5, 0.6) is 0 Å². The summed E-state index contributed by atoms with van der Waals surface area (Å²) in [5.74, 6) is -0.0574. The topological polar surface area (TPSA) is 41.6 Å². The zero-order valence-electron chi connectivity index (χ0n) is 16.2. The Hall–Kier alpha value is -2.76. The summed E-state index contributed by atoms with van der Waals surface area (Å²) < 4.78 is 5.40. The number of ether oxygens (including phenoxy) is 1. The van der Waals surface area contributed by atoms with Crippen LogP contribution < -0.4 is 10.2 Å². The first kappa shape index (κ1) is 19.6. The van der Waals surface area contributed by atoms with Crippen molar-refractivity contribution in [3.8, 4) is 0 Å². The molecule has 3 aromatic carbocycles. The predicted octanol–water partition coefficient (Wildman–Crippen LogP) is 4.60. The van der Waals surface area contributed by atoms with Gasteiger partial charge in [-0.05, 0) is 48.0 Å². The summed E-state index contributed by atoms with van der Waals surface area (Å²) in [6.07, 6.45) is 0. The van der Waals surface area contributed by atoms with Gasteiger partial charge in [-0.15, -0.1) is 0 Å². The lowest BCUT2D eigenvalue weighted by molar-refractivity contribution is 0.0950. The van der Waals surface area contributed by atoms with Gasteiger partial charge < -0.3 is 15.0 Å². The van der Waals surface area contributed by atoms with E-state index in [-0.39, 0.29) is 5.91 Å². The molecule has 1 amide bonds. The SMILES string of the molecule is O=C(NCc1ccccc1Sc1ccccc1)c1ccc(N2CCOCC2)cc1. The zero-order chi connectivity index (χ0) is 19.9. The van der Waals surface area contributed by atoms with Gasteiger partial charge in [0.15, 0.2) is 0 Å². The molecule has 3 aromatic rings. The first-order valence-electron chi connectivity index (χ1n) is 9.81. The molecule has 4 rings (SSSR count). The number of amides is 1. The summed E-state index contributed by atoms with van der Waals surface area (Å²) in [6, 6.07) is 26.3. The quantitative estimate of drug-likeness (QED) is 0.652. The normalized spacial score (nSPS) is 13.9. The van der Waals surface area contributed by atoms with Crippen molar-refractivity contribution < 1.29 is 9.53 Å². The first-order chi connectivity index (χ1) is 14.3. The Bertz CT molecular complexity index is 939. The highest BCUT2D eigenvalue weighted by Gasteiger charge is 2.12. The minimum atomic E-state index is -0.0574. The van der Waals surface area contributed by atoms with Crippen LogP contribution in [0.2, 0.25) is 0 Å². The molecule has 1 aliphatic rings. The zero-order valence-corrected chi connectivity index (χ0v) is 17.0. The van der Waals surface area contributed by atoms with E-state index in [9.17, 15) is 4.79 Å². The average molecular weight is 405 g/mol. The summed E-state index contributed by atoms with van der Waals surface area (Å²) in [4.78, 5) is 17.2. The number of anilines is 1. The van der Waals surface area contributed by atoms with Gasteiger partial charge in [-0.2, -0.15) is 0 Å². The molecule has 0 saturated carbocycles. The summed E-state index contributed by atoms with van der Waals surface area (Å²) in [7, 11) is 0. The number of nitrogens with zero attached hydrogens (tertiary/aromatic N) is 1. The van der Waals surface area contributed by atoms with E-state index in [1.807, 2.05) is 54.6 Å². The Morgan fingerprint density at radius 3 is 2.34 bits per heavy atom. The number of carbonyl (C=O) groups excluding carboxylic acids is 1. The van der Waals surface area contributed by atoms with Gasteiger partial charge in [-0.3, -0.25) is 4.79 Å². The van der Waals surface area contributed by atoms with Crippen molar-refractivity contribution in [2.24, 2.45) is 0 Å². The molecule has 0 radical (unpaired) electrons. The molecule has 1 saturated heterocycles. The van der Waals surface area contributed by atoms with Crippen LogP contribution in [0.4, 0.5) is 5.69 Å². The van der Waals surface area contributed by atoms with Crippen LogP contribution in [0.15, 0.2) is 88.7 Å². The highest BCUT2D eigenvalue weighted by molar-refractivity contribution is 7.99. The average Bonchev–Trinajstić information content (AvgIpc) is 2.80. The molecule has 5 heteroatoms. The number of benzene rings is 3. The fraction of sp³-hybridized carbons (Fsp3) is 0.208. The molecule has 1 N–H and O–H groups in total. The smallest absolute Gasteiger partial charge is 0.251 e. The molecule has 1 heterocycles. The van der Waals surface area contributed by atoms with Crippen molar-refractivity contribution in [3.05, 3.63) is 90.0 Å². The number of hydrogen-bond donors (Lipinski definition) is 1. The van der Waals surface area contributed by atoms with Crippen LogP contribution in [0.3, 0.4) is 0 Å². The summed E-state index contributed by atoms with van der Waals surface area (Å²) >= 11 is 1.71. The lowest BCUT2D eigenvalue weighted by Crippen LogP contribution is -2.36. The van der Waals surface area contributed by atoms with Crippen molar-refractivity contribution >= 4 is 23.4 Å². The van der Waals surface area contributed by atoms with Crippen LogP contribution in [0.1, 0.15) is 15.9 Å². The molecular formula is C24H24N2O2S. The van der Waals surface area contributed by atoms with E-state index in [0.717, 1.165) is 42.4 Å². The molecule has 0 aromatic heterocycles. The van der Waals surface area contributed by atoms with Gasteiger partial charge in [0.05, 0.1) is 13.2 Å². The Balaban J connectivity index is 1.38. The fourth-order valence-corrected chi connectivity index (χ4v) is 4.25. The van der Waals surface area contributed by atoms with Crippen LogP contribution >= 0.6 is 11.8 Å². The van der Waals surface area contributed by atoms with E-state index in [0.29, 0.717) is 12.1 Å². The van der Waals surface area contributed by atoms with Crippen molar-refractivity contribution in [3.63, 3.8) is 0 Å². The third kappa shape index (κ3) is 5.19. The number of carbonyl (C=O) groups is 1. The Kier molecular flexibility index (Phi) is 6.49. The van der Waals surface area contributed by atoms with E-state index in [4.69, 9.17) is 4.74 Å². The van der Waals surface area contributed by atoms with Gasteiger partial charge in [0.25, 0.3) is 5.91 Å². The molecular weight excluding hydrogens is 380 g/mol. The monoisotopic (exact) mass is 404 g/mol. The molecule has 148 valence electrons. The van der Waals surface area contributed by atoms with Crippen molar-refractivity contribution in [1.82, 2.24) is 5.32 Å². The predicted molar refractivity (Wildman–Crippen MR) is 118 cm³/mol. The first-order valence-corrected chi connectivity index (χ1v) is 10.6.